The van der Waals surface area contributed by atoms with Gasteiger partial charge in [-0.15, -0.1) is 0 Å². The van der Waals surface area contributed by atoms with E-state index in [9.17, 15) is 18.9 Å². The summed E-state index contributed by atoms with van der Waals surface area (Å²) in [5.74, 6) is -0.954. The summed E-state index contributed by atoms with van der Waals surface area (Å²) in [6, 6.07) is 0. The molecule has 230 valence electrons. The van der Waals surface area contributed by atoms with Crippen molar-refractivity contribution in [3.05, 3.63) is 0 Å². The van der Waals surface area contributed by atoms with Crippen LogP contribution in [-0.2, 0) is 32.9 Å². The van der Waals surface area contributed by atoms with E-state index in [1.54, 1.807) is 0 Å². The van der Waals surface area contributed by atoms with Gasteiger partial charge in [0, 0.05) is 26.3 Å². The molecule has 0 spiro atoms. The van der Waals surface area contributed by atoms with Gasteiger partial charge in [-0.05, 0) is 19.3 Å². The molecule has 0 aromatic carbocycles. The standard InChI is InChI=1S/C28H54NO9P/c1-3-4-5-6-7-8-9-11-15-18-21-28(32)38-26(24-37-39(33,34)35)23-36-27(31)20-17-14-12-10-13-16-19-22-29-25(2)30/h26H,3-24H2,1-2H3,(H,29,30)(H2,33,34,35)/t26-/m0/s1. The predicted molar refractivity (Wildman–Crippen MR) is 151 cm³/mol. The molecule has 0 radical (unpaired) electrons. The van der Waals surface area contributed by atoms with E-state index in [4.69, 9.17) is 19.3 Å². The molecule has 11 heteroatoms. The van der Waals surface area contributed by atoms with E-state index in [1.165, 1.54) is 45.4 Å². The number of phosphoric ester groups is 1. The fourth-order valence-corrected chi connectivity index (χ4v) is 4.46. The van der Waals surface area contributed by atoms with Crippen LogP contribution in [-0.4, -0.2) is 53.5 Å². The summed E-state index contributed by atoms with van der Waals surface area (Å²) in [7, 11) is -4.75. The average Bonchev–Trinajstić information content (AvgIpc) is 2.87. The van der Waals surface area contributed by atoms with Crippen molar-refractivity contribution in [2.75, 3.05) is 19.8 Å². The Labute approximate surface area is 235 Å². The third-order valence-electron chi connectivity index (χ3n) is 6.32. The van der Waals surface area contributed by atoms with Crippen molar-refractivity contribution in [2.24, 2.45) is 0 Å². The highest BCUT2D eigenvalue weighted by molar-refractivity contribution is 7.46. The lowest BCUT2D eigenvalue weighted by atomic mass is 10.1. The number of nitrogens with one attached hydrogen (secondary N) is 1. The molecule has 0 aliphatic heterocycles. The Balaban J connectivity index is 4.04. The fourth-order valence-electron chi connectivity index (χ4n) is 4.10. The maximum absolute atomic E-state index is 12.2. The van der Waals surface area contributed by atoms with Gasteiger partial charge in [0.1, 0.15) is 6.61 Å². The van der Waals surface area contributed by atoms with Gasteiger partial charge in [0.25, 0.3) is 0 Å². The third-order valence-corrected chi connectivity index (χ3v) is 6.81. The van der Waals surface area contributed by atoms with Crippen molar-refractivity contribution < 1.29 is 42.7 Å². The van der Waals surface area contributed by atoms with E-state index in [1.807, 2.05) is 0 Å². The van der Waals surface area contributed by atoms with E-state index in [0.29, 0.717) is 19.4 Å². The van der Waals surface area contributed by atoms with Crippen molar-refractivity contribution in [2.45, 2.75) is 142 Å². The molecule has 0 rings (SSSR count). The summed E-state index contributed by atoms with van der Waals surface area (Å²) in [5.41, 5.74) is 0. The zero-order valence-electron chi connectivity index (χ0n) is 24.3. The first kappa shape index (κ1) is 37.5. The van der Waals surface area contributed by atoms with Gasteiger partial charge in [-0.1, -0.05) is 96.8 Å². The van der Waals surface area contributed by atoms with Crippen LogP contribution in [0.1, 0.15) is 136 Å². The van der Waals surface area contributed by atoms with E-state index >= 15 is 0 Å². The van der Waals surface area contributed by atoms with Crippen LogP contribution in [0, 0.1) is 0 Å². The molecule has 0 saturated carbocycles. The van der Waals surface area contributed by atoms with Gasteiger partial charge in [0.15, 0.2) is 6.10 Å². The minimum atomic E-state index is -4.75. The highest BCUT2D eigenvalue weighted by Gasteiger charge is 2.22. The van der Waals surface area contributed by atoms with Gasteiger partial charge in [-0.25, -0.2) is 4.57 Å². The van der Waals surface area contributed by atoms with E-state index in [2.05, 4.69) is 16.8 Å². The average molecular weight is 580 g/mol. The molecule has 0 aromatic rings. The largest absolute Gasteiger partial charge is 0.469 e. The first-order valence-electron chi connectivity index (χ1n) is 14.9. The van der Waals surface area contributed by atoms with Gasteiger partial charge in [0.2, 0.25) is 5.91 Å². The Kier molecular flexibility index (Phi) is 24.5. The third kappa shape index (κ3) is 29.3. The highest BCUT2D eigenvalue weighted by atomic mass is 31.2. The molecule has 39 heavy (non-hydrogen) atoms. The van der Waals surface area contributed by atoms with Gasteiger partial charge < -0.3 is 24.6 Å². The lowest BCUT2D eigenvalue weighted by Gasteiger charge is -2.18. The second-order valence-corrected chi connectivity index (χ2v) is 11.5. The van der Waals surface area contributed by atoms with Crippen LogP contribution in [0.2, 0.25) is 0 Å². The Bertz CT molecular complexity index is 684. The molecule has 3 N–H and O–H groups in total. The minimum absolute atomic E-state index is 0.00923. The smallest absolute Gasteiger partial charge is 0.462 e. The van der Waals surface area contributed by atoms with Crippen molar-refractivity contribution in [1.29, 1.82) is 0 Å². The van der Waals surface area contributed by atoms with Crippen molar-refractivity contribution in [3.8, 4) is 0 Å². The highest BCUT2D eigenvalue weighted by Crippen LogP contribution is 2.35. The van der Waals surface area contributed by atoms with E-state index in [-0.39, 0.29) is 25.4 Å². The molecule has 0 bridgehead atoms. The lowest BCUT2D eigenvalue weighted by Crippen LogP contribution is -2.29. The molecule has 0 heterocycles. The summed E-state index contributed by atoms with van der Waals surface area (Å²) in [6.45, 7) is 3.56. The molecule has 0 aliphatic carbocycles. The Morgan fingerprint density at radius 2 is 1.15 bits per heavy atom. The molecule has 10 nitrogen and oxygen atoms in total. The molecule has 0 fully saturated rings. The van der Waals surface area contributed by atoms with Crippen LogP contribution in [0.3, 0.4) is 0 Å². The number of esters is 2. The van der Waals surface area contributed by atoms with Crippen LogP contribution < -0.4 is 5.32 Å². The van der Waals surface area contributed by atoms with Crippen LogP contribution in [0.4, 0.5) is 0 Å². The van der Waals surface area contributed by atoms with E-state index in [0.717, 1.165) is 57.8 Å². The predicted octanol–water partition coefficient (Wildman–Crippen LogP) is 6.12. The maximum atomic E-state index is 12.2. The molecule has 0 aromatic heterocycles. The number of hydrogen-bond donors (Lipinski definition) is 3. The normalized spacial score (nSPS) is 12.2. The van der Waals surface area contributed by atoms with Crippen molar-refractivity contribution in [1.82, 2.24) is 5.32 Å². The monoisotopic (exact) mass is 579 g/mol. The minimum Gasteiger partial charge on any atom is -0.462 e. The summed E-state index contributed by atoms with van der Waals surface area (Å²) in [4.78, 5) is 53.0. The van der Waals surface area contributed by atoms with Crippen molar-refractivity contribution >= 4 is 25.7 Å². The van der Waals surface area contributed by atoms with Crippen LogP contribution in [0.5, 0.6) is 0 Å². The first-order chi connectivity index (χ1) is 18.6. The summed E-state index contributed by atoms with van der Waals surface area (Å²) in [5, 5.41) is 2.77. The molecule has 0 aliphatic rings. The summed E-state index contributed by atoms with van der Waals surface area (Å²) < 4.78 is 26.0. The second-order valence-electron chi connectivity index (χ2n) is 10.2. The Morgan fingerprint density at radius 1 is 0.692 bits per heavy atom. The number of ether oxygens (including phenoxy) is 2. The van der Waals surface area contributed by atoms with E-state index < -0.39 is 32.5 Å². The van der Waals surface area contributed by atoms with Crippen LogP contribution in [0.25, 0.3) is 0 Å². The van der Waals surface area contributed by atoms with Crippen molar-refractivity contribution in [3.63, 3.8) is 0 Å². The lowest BCUT2D eigenvalue weighted by molar-refractivity contribution is -0.161. The van der Waals surface area contributed by atoms with Gasteiger partial charge >= 0.3 is 19.8 Å². The number of rotatable bonds is 27. The number of carbonyl (C=O) groups is 3. The number of unbranched alkanes of at least 4 members (excludes halogenated alkanes) is 15. The Morgan fingerprint density at radius 3 is 1.64 bits per heavy atom. The number of phosphoric acid groups is 1. The Hall–Kier alpha value is -1.48. The zero-order chi connectivity index (χ0) is 29.2. The zero-order valence-corrected chi connectivity index (χ0v) is 25.2. The SMILES string of the molecule is CCCCCCCCCCCCC(=O)O[C@@H](COC(=O)CCCCCCCCCNC(C)=O)COP(=O)(O)O. The van der Waals surface area contributed by atoms with Crippen LogP contribution in [0.15, 0.2) is 0 Å². The molecular weight excluding hydrogens is 525 g/mol. The summed E-state index contributed by atoms with van der Waals surface area (Å²) in [6.07, 6.45) is 17.5. The molecule has 0 saturated heterocycles. The summed E-state index contributed by atoms with van der Waals surface area (Å²) >= 11 is 0. The van der Waals surface area contributed by atoms with Gasteiger partial charge in [-0.3, -0.25) is 18.9 Å². The fraction of sp³-hybridized carbons (Fsp3) is 0.893. The van der Waals surface area contributed by atoms with Gasteiger partial charge in [-0.2, -0.15) is 0 Å². The second kappa shape index (κ2) is 25.5. The molecule has 1 amide bonds. The first-order valence-corrected chi connectivity index (χ1v) is 16.5. The molecule has 0 unspecified atom stereocenters. The maximum Gasteiger partial charge on any atom is 0.469 e. The number of amides is 1. The quantitative estimate of drug-likeness (QED) is 0.0594. The molecule has 1 atom stereocenters. The topological polar surface area (TPSA) is 148 Å². The number of carbonyl (C=O) groups excluding carboxylic acids is 3. The molecular formula is C28H54NO9P. The number of hydrogen-bond acceptors (Lipinski definition) is 7. The van der Waals surface area contributed by atoms with Crippen LogP contribution >= 0.6 is 7.82 Å². The van der Waals surface area contributed by atoms with Gasteiger partial charge in [0.05, 0.1) is 6.61 Å².